The van der Waals surface area contributed by atoms with Crippen molar-refractivity contribution in [2.45, 2.75) is 32.9 Å². The zero-order chi connectivity index (χ0) is 16.8. The Morgan fingerprint density at radius 3 is 2.88 bits per heavy atom. The minimum Gasteiger partial charge on any atom is -0.365 e. The van der Waals surface area contributed by atoms with E-state index in [1.54, 1.807) is 18.3 Å². The van der Waals surface area contributed by atoms with E-state index < -0.39 is 0 Å². The maximum Gasteiger partial charge on any atom is 0.144 e. The van der Waals surface area contributed by atoms with Crippen LogP contribution in [-0.4, -0.2) is 23.0 Å². The first kappa shape index (κ1) is 16.5. The van der Waals surface area contributed by atoms with Gasteiger partial charge in [-0.3, -0.25) is 4.90 Å². The third kappa shape index (κ3) is 4.12. The molecule has 0 spiro atoms. The van der Waals surface area contributed by atoms with Crippen LogP contribution in [0.25, 0.3) is 0 Å². The maximum atomic E-state index is 9.17. The summed E-state index contributed by atoms with van der Waals surface area (Å²) in [6.07, 6.45) is 4.35. The van der Waals surface area contributed by atoms with Gasteiger partial charge in [-0.15, -0.1) is 0 Å². The van der Waals surface area contributed by atoms with Crippen LogP contribution in [0.2, 0.25) is 0 Å². The highest BCUT2D eigenvalue weighted by molar-refractivity contribution is 5.51. The molecule has 24 heavy (non-hydrogen) atoms. The molecule has 0 amide bonds. The van der Waals surface area contributed by atoms with Crippen molar-refractivity contribution in [1.82, 2.24) is 9.88 Å². The molecule has 1 aliphatic rings. The van der Waals surface area contributed by atoms with Gasteiger partial charge in [0.2, 0.25) is 0 Å². The molecular weight excluding hydrogens is 296 g/mol. The molecule has 1 saturated heterocycles. The molecule has 0 aliphatic carbocycles. The van der Waals surface area contributed by atoms with Crippen molar-refractivity contribution in [3.05, 3.63) is 59.3 Å². The molecule has 1 aromatic heterocycles. The SMILES string of the molecule is C[C@@H]1CCCN(Cc2ccccc2CNc2ncccc2C#N)C1. The monoisotopic (exact) mass is 320 g/mol. The Morgan fingerprint density at radius 2 is 2.08 bits per heavy atom. The summed E-state index contributed by atoms with van der Waals surface area (Å²) in [4.78, 5) is 6.83. The first-order chi connectivity index (χ1) is 11.8. The van der Waals surface area contributed by atoms with Crippen molar-refractivity contribution in [3.8, 4) is 6.07 Å². The number of aromatic nitrogens is 1. The third-order valence-corrected chi connectivity index (χ3v) is 4.63. The van der Waals surface area contributed by atoms with Crippen LogP contribution in [0.1, 0.15) is 36.5 Å². The average Bonchev–Trinajstić information content (AvgIpc) is 2.61. The molecule has 0 saturated carbocycles. The number of anilines is 1. The molecule has 1 aliphatic heterocycles. The van der Waals surface area contributed by atoms with E-state index in [9.17, 15) is 5.26 Å². The fourth-order valence-electron chi connectivity index (χ4n) is 3.37. The van der Waals surface area contributed by atoms with E-state index in [1.165, 1.54) is 37.1 Å². The second-order valence-electron chi connectivity index (χ2n) is 6.62. The van der Waals surface area contributed by atoms with E-state index >= 15 is 0 Å². The number of likely N-dealkylation sites (tertiary alicyclic amines) is 1. The second-order valence-corrected chi connectivity index (χ2v) is 6.62. The fraction of sp³-hybridized carbons (Fsp3) is 0.400. The van der Waals surface area contributed by atoms with Crippen molar-refractivity contribution >= 4 is 5.82 Å². The lowest BCUT2D eigenvalue weighted by Gasteiger charge is -2.31. The van der Waals surface area contributed by atoms with Crippen LogP contribution in [0, 0.1) is 17.2 Å². The molecular formula is C20H24N4. The average molecular weight is 320 g/mol. The molecule has 4 heteroatoms. The normalized spacial score (nSPS) is 18.1. The molecule has 1 atom stereocenters. The van der Waals surface area contributed by atoms with Crippen molar-refractivity contribution in [2.24, 2.45) is 5.92 Å². The molecule has 0 unspecified atom stereocenters. The highest BCUT2D eigenvalue weighted by Crippen LogP contribution is 2.20. The quantitative estimate of drug-likeness (QED) is 0.910. The van der Waals surface area contributed by atoms with Gasteiger partial charge >= 0.3 is 0 Å². The molecule has 1 aromatic carbocycles. The molecule has 0 bridgehead atoms. The smallest absolute Gasteiger partial charge is 0.144 e. The standard InChI is InChI=1S/C20H24N4/c1-16-6-5-11-24(14-16)15-19-8-3-2-7-18(19)13-23-20-17(12-21)9-4-10-22-20/h2-4,7-10,16H,5-6,11,13-15H2,1H3,(H,22,23)/t16-/m1/s1. The Labute approximate surface area is 144 Å². The van der Waals surface area contributed by atoms with Gasteiger partial charge in [0.25, 0.3) is 0 Å². The summed E-state index contributed by atoms with van der Waals surface area (Å²) >= 11 is 0. The minimum atomic E-state index is 0.583. The van der Waals surface area contributed by atoms with E-state index in [0.29, 0.717) is 17.9 Å². The summed E-state index contributed by atoms with van der Waals surface area (Å²) in [5, 5.41) is 12.5. The van der Waals surface area contributed by atoms with Gasteiger partial charge in [-0.05, 0) is 48.6 Å². The number of hydrogen-bond donors (Lipinski definition) is 1. The zero-order valence-electron chi connectivity index (χ0n) is 14.2. The van der Waals surface area contributed by atoms with Crippen molar-refractivity contribution in [1.29, 1.82) is 5.26 Å². The Morgan fingerprint density at radius 1 is 1.25 bits per heavy atom. The number of benzene rings is 1. The second kappa shape index (κ2) is 7.94. The summed E-state index contributed by atoms with van der Waals surface area (Å²) in [5.74, 6) is 1.44. The summed E-state index contributed by atoms with van der Waals surface area (Å²) in [6.45, 7) is 6.39. The first-order valence-corrected chi connectivity index (χ1v) is 8.64. The van der Waals surface area contributed by atoms with Crippen LogP contribution in [0.4, 0.5) is 5.82 Å². The number of rotatable bonds is 5. The fourth-order valence-corrected chi connectivity index (χ4v) is 3.37. The number of pyridine rings is 1. The van der Waals surface area contributed by atoms with Crippen molar-refractivity contribution in [2.75, 3.05) is 18.4 Å². The number of nitriles is 1. The number of hydrogen-bond acceptors (Lipinski definition) is 4. The number of nitrogens with one attached hydrogen (secondary N) is 1. The lowest BCUT2D eigenvalue weighted by atomic mass is 9.99. The molecule has 2 heterocycles. The molecule has 1 fully saturated rings. The van der Waals surface area contributed by atoms with E-state index in [4.69, 9.17) is 0 Å². The third-order valence-electron chi connectivity index (χ3n) is 4.63. The van der Waals surface area contributed by atoms with Crippen LogP contribution in [-0.2, 0) is 13.1 Å². The lowest BCUT2D eigenvalue weighted by molar-refractivity contribution is 0.176. The maximum absolute atomic E-state index is 9.17. The van der Waals surface area contributed by atoms with Gasteiger partial charge in [-0.25, -0.2) is 4.98 Å². The summed E-state index contributed by atoms with van der Waals surface area (Å²) in [5.41, 5.74) is 3.21. The van der Waals surface area contributed by atoms with E-state index in [1.807, 2.05) is 0 Å². The molecule has 2 aromatic rings. The Kier molecular flexibility index (Phi) is 5.45. The number of piperidine rings is 1. The highest BCUT2D eigenvalue weighted by atomic mass is 15.1. The predicted octanol–water partition coefficient (Wildman–Crippen LogP) is 3.80. The summed E-state index contributed by atoms with van der Waals surface area (Å²) < 4.78 is 0. The van der Waals surface area contributed by atoms with Gasteiger partial charge in [0.15, 0.2) is 0 Å². The predicted molar refractivity (Wildman–Crippen MR) is 96.4 cm³/mol. The topological polar surface area (TPSA) is 52.0 Å². The molecule has 4 nitrogen and oxygen atoms in total. The molecule has 3 rings (SSSR count). The highest BCUT2D eigenvalue weighted by Gasteiger charge is 2.17. The van der Waals surface area contributed by atoms with Gasteiger partial charge in [0.1, 0.15) is 11.9 Å². The molecule has 0 radical (unpaired) electrons. The van der Waals surface area contributed by atoms with Crippen LogP contribution in [0.15, 0.2) is 42.6 Å². The van der Waals surface area contributed by atoms with Crippen molar-refractivity contribution < 1.29 is 0 Å². The van der Waals surface area contributed by atoms with E-state index in [2.05, 4.69) is 52.5 Å². The zero-order valence-corrected chi connectivity index (χ0v) is 14.2. The van der Waals surface area contributed by atoms with Crippen molar-refractivity contribution in [3.63, 3.8) is 0 Å². The lowest BCUT2D eigenvalue weighted by Crippen LogP contribution is -2.34. The molecule has 124 valence electrons. The summed E-state index contributed by atoms with van der Waals surface area (Å²) in [6, 6.07) is 14.3. The Balaban J connectivity index is 1.69. The van der Waals surface area contributed by atoms with Gasteiger partial charge in [-0.2, -0.15) is 5.26 Å². The van der Waals surface area contributed by atoms with E-state index in [-0.39, 0.29) is 0 Å². The van der Waals surface area contributed by atoms with Crippen LogP contribution >= 0.6 is 0 Å². The van der Waals surface area contributed by atoms with Gasteiger partial charge < -0.3 is 5.32 Å². The largest absolute Gasteiger partial charge is 0.365 e. The van der Waals surface area contributed by atoms with Gasteiger partial charge in [-0.1, -0.05) is 31.2 Å². The van der Waals surface area contributed by atoms with Crippen LogP contribution in [0.5, 0.6) is 0 Å². The van der Waals surface area contributed by atoms with Gasteiger partial charge in [0.05, 0.1) is 5.56 Å². The van der Waals surface area contributed by atoms with E-state index in [0.717, 1.165) is 12.5 Å². The Bertz CT molecular complexity index is 720. The van der Waals surface area contributed by atoms with Crippen LogP contribution in [0.3, 0.4) is 0 Å². The van der Waals surface area contributed by atoms with Crippen LogP contribution < -0.4 is 5.32 Å². The minimum absolute atomic E-state index is 0.583. The summed E-state index contributed by atoms with van der Waals surface area (Å²) in [7, 11) is 0. The Hall–Kier alpha value is -2.38. The molecule has 1 N–H and O–H groups in total. The first-order valence-electron chi connectivity index (χ1n) is 8.64. The number of nitrogens with zero attached hydrogens (tertiary/aromatic N) is 3. The van der Waals surface area contributed by atoms with Gasteiger partial charge in [0, 0.05) is 25.8 Å².